The smallest absolute Gasteiger partial charge is 0.268 e. The standard InChI is InChI=1S/C12H12N2O2S/c1-8(10-5-3-7-17-10)13-12(16)9-4-2-6-11(15)14-9/h2-8H,1H3,(H,13,16)(H,14,15). The van der Waals surface area contributed by atoms with Crippen LogP contribution in [0, 0.1) is 0 Å². The third kappa shape index (κ3) is 2.82. The summed E-state index contributed by atoms with van der Waals surface area (Å²) in [7, 11) is 0. The highest BCUT2D eigenvalue weighted by atomic mass is 32.1. The van der Waals surface area contributed by atoms with Crippen LogP contribution in [0.4, 0.5) is 0 Å². The van der Waals surface area contributed by atoms with Crippen molar-refractivity contribution in [3.63, 3.8) is 0 Å². The van der Waals surface area contributed by atoms with Crippen molar-refractivity contribution in [2.45, 2.75) is 13.0 Å². The number of carbonyl (C=O) groups is 1. The number of nitrogens with one attached hydrogen (secondary N) is 2. The number of amides is 1. The second-order valence-electron chi connectivity index (χ2n) is 3.64. The number of rotatable bonds is 3. The van der Waals surface area contributed by atoms with Gasteiger partial charge in [-0.25, -0.2) is 0 Å². The van der Waals surface area contributed by atoms with Crippen molar-refractivity contribution in [3.05, 3.63) is 56.6 Å². The number of carbonyl (C=O) groups excluding carboxylic acids is 1. The van der Waals surface area contributed by atoms with Gasteiger partial charge in [0.05, 0.1) is 6.04 Å². The first-order valence-corrected chi connectivity index (χ1v) is 6.08. The van der Waals surface area contributed by atoms with Gasteiger partial charge in [-0.2, -0.15) is 0 Å². The monoisotopic (exact) mass is 248 g/mol. The first kappa shape index (κ1) is 11.6. The molecule has 0 aliphatic rings. The summed E-state index contributed by atoms with van der Waals surface area (Å²) in [5.74, 6) is -0.274. The van der Waals surface area contributed by atoms with Crippen LogP contribution in [0.2, 0.25) is 0 Å². The van der Waals surface area contributed by atoms with E-state index in [0.29, 0.717) is 0 Å². The van der Waals surface area contributed by atoms with Crippen LogP contribution in [0.5, 0.6) is 0 Å². The Hall–Kier alpha value is -1.88. The Morgan fingerprint density at radius 3 is 2.82 bits per heavy atom. The first-order chi connectivity index (χ1) is 8.16. The molecule has 0 spiro atoms. The minimum Gasteiger partial charge on any atom is -0.343 e. The molecule has 88 valence electrons. The maximum atomic E-state index is 11.8. The zero-order valence-electron chi connectivity index (χ0n) is 9.27. The van der Waals surface area contributed by atoms with Gasteiger partial charge in [0, 0.05) is 10.9 Å². The van der Waals surface area contributed by atoms with Gasteiger partial charge in [0.25, 0.3) is 5.91 Å². The topological polar surface area (TPSA) is 62.0 Å². The van der Waals surface area contributed by atoms with Crippen molar-refractivity contribution >= 4 is 17.2 Å². The minimum absolute atomic E-state index is 0.0637. The molecule has 1 unspecified atom stereocenters. The largest absolute Gasteiger partial charge is 0.343 e. The van der Waals surface area contributed by atoms with Crippen LogP contribution < -0.4 is 10.9 Å². The molecular formula is C12H12N2O2S. The molecule has 0 bridgehead atoms. The van der Waals surface area contributed by atoms with Gasteiger partial charge in [0.1, 0.15) is 5.69 Å². The van der Waals surface area contributed by atoms with Gasteiger partial charge in [0.2, 0.25) is 5.56 Å². The molecule has 2 aromatic heterocycles. The molecule has 0 saturated carbocycles. The van der Waals surface area contributed by atoms with E-state index in [4.69, 9.17) is 0 Å². The second-order valence-corrected chi connectivity index (χ2v) is 4.62. The maximum Gasteiger partial charge on any atom is 0.268 e. The molecule has 5 heteroatoms. The third-order valence-electron chi connectivity index (χ3n) is 2.33. The first-order valence-electron chi connectivity index (χ1n) is 5.20. The van der Waals surface area contributed by atoms with E-state index in [1.54, 1.807) is 23.5 Å². The van der Waals surface area contributed by atoms with Gasteiger partial charge in [-0.3, -0.25) is 9.59 Å². The van der Waals surface area contributed by atoms with Crippen LogP contribution >= 0.6 is 11.3 Å². The molecule has 0 radical (unpaired) electrons. The highest BCUT2D eigenvalue weighted by Gasteiger charge is 2.12. The Morgan fingerprint density at radius 1 is 1.35 bits per heavy atom. The van der Waals surface area contributed by atoms with Gasteiger partial charge in [-0.15, -0.1) is 11.3 Å². The van der Waals surface area contributed by atoms with E-state index in [9.17, 15) is 9.59 Å². The van der Waals surface area contributed by atoms with Crippen LogP contribution in [-0.4, -0.2) is 10.9 Å². The summed E-state index contributed by atoms with van der Waals surface area (Å²) >= 11 is 1.58. The van der Waals surface area contributed by atoms with Gasteiger partial charge >= 0.3 is 0 Å². The van der Waals surface area contributed by atoms with Crippen molar-refractivity contribution in [1.82, 2.24) is 10.3 Å². The summed E-state index contributed by atoms with van der Waals surface area (Å²) in [5.41, 5.74) is 0.00216. The Balaban J connectivity index is 2.10. The van der Waals surface area contributed by atoms with Crippen molar-refractivity contribution < 1.29 is 4.79 Å². The zero-order chi connectivity index (χ0) is 12.3. The average Bonchev–Trinajstić information content (AvgIpc) is 2.82. The molecule has 0 saturated heterocycles. The summed E-state index contributed by atoms with van der Waals surface area (Å²) in [4.78, 5) is 26.5. The summed E-state index contributed by atoms with van der Waals surface area (Å²) in [6, 6.07) is 8.35. The van der Waals surface area contributed by atoms with E-state index in [-0.39, 0.29) is 23.2 Å². The predicted octanol–water partition coefficient (Wildman–Crippen LogP) is 1.93. The molecular weight excluding hydrogens is 236 g/mol. The lowest BCUT2D eigenvalue weighted by Crippen LogP contribution is -2.28. The Kier molecular flexibility index (Phi) is 3.39. The van der Waals surface area contributed by atoms with Crippen LogP contribution in [0.1, 0.15) is 28.3 Å². The average molecular weight is 248 g/mol. The number of H-pyrrole nitrogens is 1. The van der Waals surface area contributed by atoms with Gasteiger partial charge in [0.15, 0.2) is 0 Å². The molecule has 2 aromatic rings. The van der Waals surface area contributed by atoms with Crippen LogP contribution in [0.3, 0.4) is 0 Å². The molecule has 0 aliphatic carbocycles. The summed E-state index contributed by atoms with van der Waals surface area (Å²) < 4.78 is 0. The fraction of sp³-hybridized carbons (Fsp3) is 0.167. The van der Waals surface area contributed by atoms with E-state index in [2.05, 4.69) is 10.3 Å². The Bertz CT molecular complexity index is 560. The van der Waals surface area contributed by atoms with E-state index >= 15 is 0 Å². The van der Waals surface area contributed by atoms with Crippen molar-refractivity contribution in [3.8, 4) is 0 Å². The predicted molar refractivity (Wildman–Crippen MR) is 67.3 cm³/mol. The molecule has 2 N–H and O–H groups in total. The van der Waals surface area contributed by atoms with Gasteiger partial charge < -0.3 is 10.3 Å². The number of aromatic amines is 1. The van der Waals surface area contributed by atoms with Crippen molar-refractivity contribution in [2.75, 3.05) is 0 Å². The van der Waals surface area contributed by atoms with E-state index in [1.807, 2.05) is 24.4 Å². The third-order valence-corrected chi connectivity index (χ3v) is 3.39. The van der Waals surface area contributed by atoms with Gasteiger partial charge in [-0.1, -0.05) is 12.1 Å². The lowest BCUT2D eigenvalue weighted by Gasteiger charge is -2.11. The van der Waals surface area contributed by atoms with Crippen LogP contribution in [0.25, 0.3) is 0 Å². The van der Waals surface area contributed by atoms with E-state index in [0.717, 1.165) is 4.88 Å². The molecule has 1 atom stereocenters. The molecule has 0 aliphatic heterocycles. The fourth-order valence-electron chi connectivity index (χ4n) is 1.46. The van der Waals surface area contributed by atoms with Crippen molar-refractivity contribution in [2.24, 2.45) is 0 Å². The molecule has 2 rings (SSSR count). The highest BCUT2D eigenvalue weighted by Crippen LogP contribution is 2.18. The summed E-state index contributed by atoms with van der Waals surface area (Å²) in [6.45, 7) is 1.91. The van der Waals surface area contributed by atoms with E-state index in [1.165, 1.54) is 6.07 Å². The Labute approximate surface area is 102 Å². The molecule has 0 aromatic carbocycles. The highest BCUT2D eigenvalue weighted by molar-refractivity contribution is 7.10. The van der Waals surface area contributed by atoms with Crippen molar-refractivity contribution in [1.29, 1.82) is 0 Å². The molecule has 0 fully saturated rings. The molecule has 17 heavy (non-hydrogen) atoms. The Morgan fingerprint density at radius 2 is 2.18 bits per heavy atom. The van der Waals surface area contributed by atoms with Crippen LogP contribution in [0.15, 0.2) is 40.5 Å². The normalized spacial score (nSPS) is 12.1. The van der Waals surface area contributed by atoms with E-state index < -0.39 is 0 Å². The quantitative estimate of drug-likeness (QED) is 0.871. The van der Waals surface area contributed by atoms with Crippen LogP contribution in [-0.2, 0) is 0 Å². The minimum atomic E-state index is -0.276. The molecule has 2 heterocycles. The fourth-order valence-corrected chi connectivity index (χ4v) is 2.20. The number of pyridine rings is 1. The number of hydrogen-bond acceptors (Lipinski definition) is 3. The summed E-state index contributed by atoms with van der Waals surface area (Å²) in [5, 5.41) is 4.79. The lowest BCUT2D eigenvalue weighted by molar-refractivity contribution is 0.0935. The molecule has 1 amide bonds. The second kappa shape index (κ2) is 4.97. The maximum absolute atomic E-state index is 11.8. The number of hydrogen-bond donors (Lipinski definition) is 2. The SMILES string of the molecule is CC(NC(=O)c1cccc(=O)[nH]1)c1cccs1. The number of thiophene rings is 1. The molecule has 4 nitrogen and oxygen atoms in total. The summed E-state index contributed by atoms with van der Waals surface area (Å²) in [6.07, 6.45) is 0. The lowest BCUT2D eigenvalue weighted by atomic mass is 10.2. The zero-order valence-corrected chi connectivity index (χ0v) is 10.1. The van der Waals surface area contributed by atoms with Gasteiger partial charge in [-0.05, 0) is 24.4 Å². The number of aromatic nitrogens is 1.